The van der Waals surface area contributed by atoms with Crippen LogP contribution in [0.2, 0.25) is 5.02 Å². The van der Waals surface area contributed by atoms with Gasteiger partial charge in [-0.2, -0.15) is 0 Å². The second-order valence-electron chi connectivity index (χ2n) is 25.0. The molecule has 3 rings (SSSR count). The molecule has 0 spiro atoms. The summed E-state index contributed by atoms with van der Waals surface area (Å²) in [5.41, 5.74) is 15.4. The van der Waals surface area contributed by atoms with Crippen molar-refractivity contribution in [1.82, 2.24) is 0 Å². The van der Waals surface area contributed by atoms with Crippen molar-refractivity contribution in [2.75, 3.05) is 14.2 Å². The number of esters is 1. The van der Waals surface area contributed by atoms with Crippen molar-refractivity contribution in [2.24, 2.45) is 0 Å². The second-order valence-corrected chi connectivity index (χ2v) is 25.5. The topological polar surface area (TPSA) is 105 Å². The van der Waals surface area contributed by atoms with Crippen LogP contribution >= 0.6 is 11.6 Å². The number of hydrogen-bond donors (Lipinski definition) is 0. The molecule has 0 unspecified atom stereocenters. The van der Waals surface area contributed by atoms with Gasteiger partial charge in [-0.1, -0.05) is 128 Å². The van der Waals surface area contributed by atoms with Crippen LogP contribution in [0.15, 0.2) is 188 Å². The number of carbonyl (C=O) groups is 4. The Morgan fingerprint density at radius 2 is 0.750 bits per heavy atom. The summed E-state index contributed by atoms with van der Waals surface area (Å²) in [5.74, 6) is -0.638. The molecule has 8 nitrogen and oxygen atoms in total. The molecule has 1 aliphatic rings. The monoisotopic (exact) mass is 1220 g/mol. The highest BCUT2D eigenvalue weighted by Crippen LogP contribution is 2.29. The van der Waals surface area contributed by atoms with Gasteiger partial charge in [-0.3, -0.25) is 14.4 Å². The number of allylic oxidation sites excluding steroid dienone is 22. The van der Waals surface area contributed by atoms with Gasteiger partial charge >= 0.3 is 5.97 Å². The molecule has 482 valence electrons. The number of ketones is 3. The Balaban J connectivity index is 0.000000870. The molecule has 0 aromatic heterocycles. The summed E-state index contributed by atoms with van der Waals surface area (Å²) in [6.07, 6.45) is 44.1. The SMILES string of the molecule is CC(C)OC(=O)C(C)(C)Oc1ccc(C(=O)c2ccc(Cl)cc2)cc1.COC1=C(OC)C(=O)C(C/C=C(\C)CC/C=C(\C)CC/C=C(\C)CC/C=C(\C)CC/C=C(\C)CC/C=C(/C)CC/C=C(\C)CC/C=C(\C)CC/C=C(\C)CCC=C(C)C)=C(C)C1=O. The highest BCUT2D eigenvalue weighted by molar-refractivity contribution is 6.30. The first-order chi connectivity index (χ1) is 41.7. The maximum absolute atomic E-state index is 12.9. The minimum Gasteiger partial charge on any atom is -0.489 e. The molecular weight excluding hydrogens is 1110 g/mol. The van der Waals surface area contributed by atoms with Crippen molar-refractivity contribution in [2.45, 2.75) is 244 Å². The predicted molar refractivity (Wildman–Crippen MR) is 372 cm³/mol. The molecule has 0 amide bonds. The van der Waals surface area contributed by atoms with Crippen molar-refractivity contribution < 1.29 is 38.1 Å². The summed E-state index contributed by atoms with van der Waals surface area (Å²) < 4.78 is 21.2. The fourth-order valence-corrected chi connectivity index (χ4v) is 9.85. The van der Waals surface area contributed by atoms with Crippen LogP contribution in [0.3, 0.4) is 0 Å². The van der Waals surface area contributed by atoms with E-state index < -0.39 is 11.6 Å². The van der Waals surface area contributed by atoms with Gasteiger partial charge in [0.25, 0.3) is 0 Å². The van der Waals surface area contributed by atoms with Crippen molar-refractivity contribution in [3.63, 3.8) is 0 Å². The summed E-state index contributed by atoms with van der Waals surface area (Å²) in [4.78, 5) is 50.0. The third kappa shape index (κ3) is 32.1. The number of hydrogen-bond acceptors (Lipinski definition) is 8. The van der Waals surface area contributed by atoms with E-state index in [0.29, 0.717) is 39.5 Å². The quantitative estimate of drug-likeness (QED) is 0.0285. The Hall–Kier alpha value is -6.51. The second kappa shape index (κ2) is 42.4. The fraction of sp³-hybridized carbons (Fsp3) is 0.494. The van der Waals surface area contributed by atoms with Gasteiger partial charge in [0.1, 0.15) is 5.75 Å². The molecule has 0 heterocycles. The van der Waals surface area contributed by atoms with Gasteiger partial charge in [-0.05, 0) is 281 Å². The van der Waals surface area contributed by atoms with Crippen LogP contribution in [0.25, 0.3) is 0 Å². The molecule has 2 aromatic carbocycles. The molecule has 0 N–H and O–H groups in total. The van der Waals surface area contributed by atoms with Gasteiger partial charge in [0.2, 0.25) is 23.1 Å². The van der Waals surface area contributed by atoms with E-state index in [1.54, 1.807) is 83.1 Å². The van der Waals surface area contributed by atoms with Crippen molar-refractivity contribution >= 4 is 34.9 Å². The number of halogens is 1. The van der Waals surface area contributed by atoms with E-state index in [-0.39, 0.29) is 35.0 Å². The number of rotatable bonds is 37. The lowest BCUT2D eigenvalue weighted by Crippen LogP contribution is -2.40. The molecule has 0 bridgehead atoms. The third-order valence-electron chi connectivity index (χ3n) is 15.5. The summed E-state index contributed by atoms with van der Waals surface area (Å²) in [6, 6.07) is 13.4. The summed E-state index contributed by atoms with van der Waals surface area (Å²) in [7, 11) is 2.78. The van der Waals surface area contributed by atoms with Gasteiger partial charge in [-0.15, -0.1) is 0 Å². The maximum Gasteiger partial charge on any atom is 0.350 e. The molecular formula is C79H111ClO8. The van der Waals surface area contributed by atoms with Gasteiger partial charge in [0, 0.05) is 27.3 Å². The normalized spacial score (nSPS) is 14.6. The van der Waals surface area contributed by atoms with Gasteiger partial charge in [0.15, 0.2) is 11.4 Å². The number of ether oxygens (including phenoxy) is 4. The molecule has 2 aromatic rings. The largest absolute Gasteiger partial charge is 0.489 e. The van der Waals surface area contributed by atoms with Crippen LogP contribution in [0.4, 0.5) is 0 Å². The van der Waals surface area contributed by atoms with Gasteiger partial charge in [-0.25, -0.2) is 4.79 Å². The summed E-state index contributed by atoms with van der Waals surface area (Å²) >= 11 is 5.84. The number of benzene rings is 2. The lowest BCUT2D eigenvalue weighted by Gasteiger charge is -2.25. The molecule has 9 heteroatoms. The predicted octanol–water partition coefficient (Wildman–Crippen LogP) is 22.5. The molecule has 0 fully saturated rings. The van der Waals surface area contributed by atoms with Crippen LogP contribution in [0.5, 0.6) is 5.75 Å². The zero-order valence-corrected chi connectivity index (χ0v) is 58.3. The zero-order chi connectivity index (χ0) is 65.8. The first-order valence-corrected chi connectivity index (χ1v) is 32.5. The van der Waals surface area contributed by atoms with Crippen LogP contribution < -0.4 is 4.74 Å². The summed E-state index contributed by atoms with van der Waals surface area (Å²) in [5, 5.41) is 0.579. The Morgan fingerprint density at radius 1 is 0.455 bits per heavy atom. The van der Waals surface area contributed by atoms with Crippen LogP contribution in [0.1, 0.15) is 249 Å². The van der Waals surface area contributed by atoms with E-state index in [9.17, 15) is 19.2 Å². The number of methoxy groups -OCH3 is 2. The fourth-order valence-electron chi connectivity index (χ4n) is 9.73. The highest BCUT2D eigenvalue weighted by atomic mass is 35.5. The van der Waals surface area contributed by atoms with Crippen LogP contribution in [-0.2, 0) is 28.6 Å². The van der Waals surface area contributed by atoms with E-state index in [2.05, 4.69) is 137 Å². The average Bonchev–Trinajstić information content (AvgIpc) is 1.54. The highest BCUT2D eigenvalue weighted by Gasteiger charge is 2.34. The molecule has 1 aliphatic carbocycles. The molecule has 0 saturated heterocycles. The zero-order valence-electron chi connectivity index (χ0n) is 57.5. The number of carbonyl (C=O) groups excluding carboxylic acids is 4. The standard InChI is InChI=1S/C59H90O4.C20H21ClO4/c1-44(2)24-15-25-45(3)26-16-27-46(4)28-17-29-47(5)30-18-31-48(6)32-19-33-49(7)34-20-35-50(8)36-21-37-51(9)38-22-39-52(10)40-23-41-53(11)42-43-55-54(12)56(60)58(62-13)59(63-14)57(55)61;1-13(2)24-19(23)20(3,4)25-17-11-7-15(8-12-17)18(22)14-5-9-16(21)10-6-14/h24,26,28,30,32,34,36,38,40,42H,15-23,25,27,29,31,33,35,37,39,41,43H2,1-14H3;5-13H,1-4H3/b45-26+,46-28+,47-30+,48-32-,49-34+,50-36+,51-38+,52-40+,53-42+;. The van der Waals surface area contributed by atoms with E-state index in [0.717, 1.165) is 96.3 Å². The van der Waals surface area contributed by atoms with Crippen LogP contribution in [0, 0.1) is 0 Å². The average molecular weight is 1220 g/mol. The summed E-state index contributed by atoms with van der Waals surface area (Å²) in [6.45, 7) is 33.2. The van der Waals surface area contributed by atoms with Crippen molar-refractivity contribution in [3.8, 4) is 5.75 Å². The smallest absolute Gasteiger partial charge is 0.350 e. The van der Waals surface area contributed by atoms with E-state index in [1.165, 1.54) is 89.2 Å². The van der Waals surface area contributed by atoms with Gasteiger partial charge in [0.05, 0.1) is 20.3 Å². The molecule has 0 atom stereocenters. The Kier molecular flexibility index (Phi) is 37.4. The third-order valence-corrected chi connectivity index (χ3v) is 15.8. The van der Waals surface area contributed by atoms with Gasteiger partial charge < -0.3 is 18.9 Å². The molecule has 0 aliphatic heterocycles. The molecule has 0 radical (unpaired) electrons. The lowest BCUT2D eigenvalue weighted by molar-refractivity contribution is -0.163. The van der Waals surface area contributed by atoms with Crippen LogP contribution in [-0.4, -0.2) is 49.2 Å². The first kappa shape index (κ1) is 77.6. The Labute approximate surface area is 538 Å². The van der Waals surface area contributed by atoms with E-state index in [1.807, 2.05) is 0 Å². The van der Waals surface area contributed by atoms with Crippen molar-refractivity contribution in [1.29, 1.82) is 0 Å². The minimum absolute atomic E-state index is 0.00667. The maximum atomic E-state index is 12.9. The van der Waals surface area contributed by atoms with E-state index in [4.69, 9.17) is 30.5 Å². The van der Waals surface area contributed by atoms with Crippen molar-refractivity contribution in [3.05, 3.63) is 204 Å². The molecule has 88 heavy (non-hydrogen) atoms. The Bertz CT molecular complexity index is 2960. The minimum atomic E-state index is -1.12. The Morgan fingerprint density at radius 3 is 1.06 bits per heavy atom. The molecule has 0 saturated carbocycles. The lowest BCUT2D eigenvalue weighted by atomic mass is 9.90. The number of Topliss-reactive ketones (excluding diaryl/α,β-unsaturated/α-hetero) is 2. The first-order valence-electron chi connectivity index (χ1n) is 32.1. The van der Waals surface area contributed by atoms with E-state index >= 15 is 0 Å².